The Morgan fingerprint density at radius 1 is 1.30 bits per heavy atom. The molecule has 0 aromatic carbocycles. The minimum Gasteiger partial charge on any atom is -0.453 e. The van der Waals surface area contributed by atoms with Gasteiger partial charge in [-0.05, 0) is 39.0 Å². The Morgan fingerprint density at radius 2 is 2.04 bits per heavy atom. The van der Waals surface area contributed by atoms with E-state index in [1.54, 1.807) is 18.5 Å². The zero-order valence-electron chi connectivity index (χ0n) is 16.2. The molecule has 2 aromatic heterocycles. The molecular formula is C17H25N5O4S. The van der Waals surface area contributed by atoms with E-state index in [4.69, 9.17) is 9.47 Å². The average molecular weight is 395 g/mol. The van der Waals surface area contributed by atoms with E-state index in [9.17, 15) is 9.59 Å². The Balaban J connectivity index is 1.97. The molecule has 0 aliphatic carbocycles. The van der Waals surface area contributed by atoms with Gasteiger partial charge in [0.1, 0.15) is 0 Å². The van der Waals surface area contributed by atoms with Gasteiger partial charge in [0.25, 0.3) is 11.7 Å². The van der Waals surface area contributed by atoms with Gasteiger partial charge < -0.3 is 14.8 Å². The highest BCUT2D eigenvalue weighted by molar-refractivity contribution is 7.98. The number of thioether (sulfide) groups is 1. The number of carbonyl (C=O) groups excluding carboxylic acids is 2. The van der Waals surface area contributed by atoms with Crippen LogP contribution < -0.4 is 5.32 Å². The van der Waals surface area contributed by atoms with Crippen LogP contribution in [0.25, 0.3) is 5.78 Å². The summed E-state index contributed by atoms with van der Waals surface area (Å²) < 4.78 is 11.7. The lowest BCUT2D eigenvalue weighted by molar-refractivity contribution is -0.154. The summed E-state index contributed by atoms with van der Waals surface area (Å²) in [6, 6.07) is 0. The fourth-order valence-corrected chi connectivity index (χ4v) is 2.93. The Kier molecular flexibility index (Phi) is 7.55. The molecule has 0 fully saturated rings. The van der Waals surface area contributed by atoms with Crippen molar-refractivity contribution in [3.8, 4) is 0 Å². The van der Waals surface area contributed by atoms with Gasteiger partial charge in [0.15, 0.2) is 6.10 Å². The van der Waals surface area contributed by atoms with Crippen LogP contribution in [0.15, 0.2) is 5.16 Å². The number of ether oxygens (including phenoxy) is 2. The molecule has 1 N–H and O–H groups in total. The fraction of sp³-hybridized carbons (Fsp3) is 0.588. The Morgan fingerprint density at radius 3 is 2.70 bits per heavy atom. The third-order valence-electron chi connectivity index (χ3n) is 4.07. The SMILES string of the molecule is COCCNC(=O)[C@H](C)OC(=O)CCc1c(C)nc2nc(SC)nn2c1C. The van der Waals surface area contributed by atoms with E-state index < -0.39 is 12.1 Å². The Hall–Kier alpha value is -2.20. The minimum atomic E-state index is -0.850. The number of amides is 1. The van der Waals surface area contributed by atoms with Crippen LogP contribution >= 0.6 is 11.8 Å². The third kappa shape index (κ3) is 5.39. The molecule has 0 aliphatic rings. The minimum absolute atomic E-state index is 0.147. The van der Waals surface area contributed by atoms with Crippen LogP contribution in [0.2, 0.25) is 0 Å². The van der Waals surface area contributed by atoms with E-state index >= 15 is 0 Å². The number of nitrogens with zero attached hydrogens (tertiary/aromatic N) is 4. The van der Waals surface area contributed by atoms with Crippen LogP contribution in [-0.2, 0) is 25.5 Å². The van der Waals surface area contributed by atoms with Gasteiger partial charge in [0.2, 0.25) is 5.16 Å². The van der Waals surface area contributed by atoms with Crippen LogP contribution in [0.1, 0.15) is 30.3 Å². The maximum absolute atomic E-state index is 12.1. The zero-order chi connectivity index (χ0) is 20.0. The van der Waals surface area contributed by atoms with Crippen LogP contribution in [0.5, 0.6) is 0 Å². The second-order valence-corrected chi connectivity index (χ2v) is 6.76. The Bertz CT molecular complexity index is 823. The molecule has 10 heteroatoms. The summed E-state index contributed by atoms with van der Waals surface area (Å²) in [6.07, 6.45) is 1.65. The Labute approximate surface area is 162 Å². The van der Waals surface area contributed by atoms with Gasteiger partial charge in [-0.1, -0.05) is 11.8 Å². The maximum atomic E-state index is 12.1. The molecule has 2 rings (SSSR count). The second-order valence-electron chi connectivity index (χ2n) is 5.99. The van der Waals surface area contributed by atoms with Crippen molar-refractivity contribution in [3.05, 3.63) is 17.0 Å². The van der Waals surface area contributed by atoms with E-state index in [1.165, 1.54) is 11.8 Å². The molecule has 9 nitrogen and oxygen atoms in total. The van der Waals surface area contributed by atoms with Crippen LogP contribution in [0, 0.1) is 13.8 Å². The van der Waals surface area contributed by atoms with Gasteiger partial charge in [-0.2, -0.15) is 4.98 Å². The van der Waals surface area contributed by atoms with Crippen molar-refractivity contribution < 1.29 is 19.1 Å². The highest BCUT2D eigenvalue weighted by atomic mass is 32.2. The second kappa shape index (κ2) is 9.65. The number of rotatable bonds is 9. The molecule has 148 valence electrons. The van der Waals surface area contributed by atoms with Gasteiger partial charge in [-0.3, -0.25) is 9.59 Å². The van der Waals surface area contributed by atoms with Crippen molar-refractivity contribution in [3.63, 3.8) is 0 Å². The summed E-state index contributed by atoms with van der Waals surface area (Å²) in [5, 5.41) is 7.68. The van der Waals surface area contributed by atoms with E-state index in [0.29, 0.717) is 30.5 Å². The number of esters is 1. The number of aromatic nitrogens is 4. The third-order valence-corrected chi connectivity index (χ3v) is 4.61. The monoisotopic (exact) mass is 395 g/mol. The molecule has 0 spiro atoms. The predicted octanol–water partition coefficient (Wildman–Crippen LogP) is 1.09. The van der Waals surface area contributed by atoms with Crippen molar-refractivity contribution in [2.75, 3.05) is 26.5 Å². The van der Waals surface area contributed by atoms with Crippen molar-refractivity contribution in [2.45, 2.75) is 44.9 Å². The largest absolute Gasteiger partial charge is 0.453 e. The van der Waals surface area contributed by atoms with Gasteiger partial charge in [-0.25, -0.2) is 9.50 Å². The van der Waals surface area contributed by atoms with Gasteiger partial charge in [0, 0.05) is 31.5 Å². The normalized spacial score (nSPS) is 12.2. The van der Waals surface area contributed by atoms with Gasteiger partial charge in [-0.15, -0.1) is 5.10 Å². The number of hydrogen-bond donors (Lipinski definition) is 1. The molecule has 0 unspecified atom stereocenters. The number of carbonyl (C=O) groups is 2. The van der Waals surface area contributed by atoms with Crippen LogP contribution in [0.4, 0.5) is 0 Å². The lowest BCUT2D eigenvalue weighted by Gasteiger charge is -2.14. The number of aryl methyl sites for hydroxylation is 2. The van der Waals surface area contributed by atoms with E-state index in [1.807, 2.05) is 20.1 Å². The van der Waals surface area contributed by atoms with E-state index in [0.717, 1.165) is 17.0 Å². The van der Waals surface area contributed by atoms with Crippen molar-refractivity contribution in [2.24, 2.45) is 0 Å². The molecule has 1 atom stereocenters. The fourth-order valence-electron chi connectivity index (χ4n) is 2.59. The topological polar surface area (TPSA) is 108 Å². The molecule has 2 aromatic rings. The van der Waals surface area contributed by atoms with Gasteiger partial charge >= 0.3 is 5.97 Å². The van der Waals surface area contributed by atoms with Crippen LogP contribution in [0.3, 0.4) is 0 Å². The summed E-state index contributed by atoms with van der Waals surface area (Å²) in [6.45, 7) is 6.13. The lowest BCUT2D eigenvalue weighted by atomic mass is 10.1. The highest BCUT2D eigenvalue weighted by Gasteiger charge is 2.19. The van der Waals surface area contributed by atoms with E-state index in [2.05, 4.69) is 20.4 Å². The molecular weight excluding hydrogens is 370 g/mol. The first-order chi connectivity index (χ1) is 12.9. The summed E-state index contributed by atoms with van der Waals surface area (Å²) in [5.74, 6) is -0.239. The molecule has 27 heavy (non-hydrogen) atoms. The standard InChI is InChI=1S/C17H25N5O4S/c1-10-13(11(2)22-16(19-10)20-17(21-22)27-5)6-7-14(23)26-12(3)15(24)18-8-9-25-4/h12H,6-9H2,1-5H3,(H,18,24)/t12-/m0/s1. The molecule has 2 heterocycles. The molecule has 0 bridgehead atoms. The van der Waals surface area contributed by atoms with Crippen molar-refractivity contribution in [1.29, 1.82) is 0 Å². The van der Waals surface area contributed by atoms with Gasteiger partial charge in [0.05, 0.1) is 6.61 Å². The first-order valence-electron chi connectivity index (χ1n) is 8.60. The molecule has 0 radical (unpaired) electrons. The molecule has 0 aliphatic heterocycles. The van der Waals surface area contributed by atoms with E-state index in [-0.39, 0.29) is 12.3 Å². The molecule has 0 saturated heterocycles. The quantitative estimate of drug-likeness (QED) is 0.382. The number of nitrogens with one attached hydrogen (secondary N) is 1. The summed E-state index contributed by atoms with van der Waals surface area (Å²) >= 11 is 1.45. The summed E-state index contributed by atoms with van der Waals surface area (Å²) in [4.78, 5) is 32.8. The lowest BCUT2D eigenvalue weighted by Crippen LogP contribution is -2.37. The summed E-state index contributed by atoms with van der Waals surface area (Å²) in [7, 11) is 1.55. The smallest absolute Gasteiger partial charge is 0.306 e. The molecule has 0 saturated carbocycles. The van der Waals surface area contributed by atoms with Crippen LogP contribution in [-0.4, -0.2) is 64.1 Å². The highest BCUT2D eigenvalue weighted by Crippen LogP contribution is 2.18. The van der Waals surface area contributed by atoms with Crippen molar-refractivity contribution in [1.82, 2.24) is 24.9 Å². The number of methoxy groups -OCH3 is 1. The number of hydrogen-bond acceptors (Lipinski definition) is 8. The first kappa shape index (κ1) is 21.1. The average Bonchev–Trinajstić information content (AvgIpc) is 3.04. The zero-order valence-corrected chi connectivity index (χ0v) is 17.1. The number of fused-ring (bicyclic) bond motifs is 1. The van der Waals surface area contributed by atoms with Crippen molar-refractivity contribution >= 4 is 29.4 Å². The maximum Gasteiger partial charge on any atom is 0.306 e. The molecule has 1 amide bonds. The summed E-state index contributed by atoms with van der Waals surface area (Å²) in [5.41, 5.74) is 2.62. The predicted molar refractivity (Wildman–Crippen MR) is 101 cm³/mol. The first-order valence-corrected chi connectivity index (χ1v) is 9.82.